The molecule has 2 heterocycles. The first-order valence-electron chi connectivity index (χ1n) is 9.05. The third-order valence-electron chi connectivity index (χ3n) is 4.87. The van der Waals surface area contributed by atoms with Crippen LogP contribution in [-0.2, 0) is 12.7 Å². The molecule has 0 atom stereocenters. The van der Waals surface area contributed by atoms with E-state index in [2.05, 4.69) is 10.3 Å². The lowest BCUT2D eigenvalue weighted by Crippen LogP contribution is -2.28. The Morgan fingerprint density at radius 1 is 1.21 bits per heavy atom. The molecule has 9 heteroatoms. The molecule has 0 spiro atoms. The summed E-state index contributed by atoms with van der Waals surface area (Å²) in [4.78, 5) is 6.71. The van der Waals surface area contributed by atoms with Crippen LogP contribution in [0.2, 0.25) is 0 Å². The topological polar surface area (TPSA) is 33.1 Å². The van der Waals surface area contributed by atoms with Crippen molar-refractivity contribution in [1.82, 2.24) is 19.8 Å². The third-order valence-corrected chi connectivity index (χ3v) is 4.87. The lowest BCUT2D eigenvalue weighted by molar-refractivity contribution is -0.139. The predicted octanol–water partition coefficient (Wildman–Crippen LogP) is 4.16. The van der Waals surface area contributed by atoms with Crippen LogP contribution < -0.4 is 5.32 Å². The van der Waals surface area contributed by atoms with E-state index < -0.39 is 17.6 Å². The van der Waals surface area contributed by atoms with Gasteiger partial charge in [0.1, 0.15) is 11.6 Å². The molecule has 3 rings (SSSR count). The quantitative estimate of drug-likeness (QED) is 0.737. The lowest BCUT2D eigenvalue weighted by atomic mass is 9.97. The zero-order chi connectivity index (χ0) is 19.6. The van der Waals surface area contributed by atoms with Crippen molar-refractivity contribution < 1.29 is 17.6 Å². The number of hydrogen-bond acceptors (Lipinski definition) is 3. The Hall–Kier alpha value is -1.64. The summed E-state index contributed by atoms with van der Waals surface area (Å²) in [7, 11) is 3.94. The summed E-state index contributed by atoms with van der Waals surface area (Å²) in [5, 5.41) is 3.31. The van der Waals surface area contributed by atoms with Crippen molar-refractivity contribution in [2.45, 2.75) is 31.5 Å². The Morgan fingerprint density at radius 3 is 2.50 bits per heavy atom. The molecule has 4 nitrogen and oxygen atoms in total. The molecule has 156 valence electrons. The van der Waals surface area contributed by atoms with Gasteiger partial charge in [0.15, 0.2) is 0 Å². The van der Waals surface area contributed by atoms with Crippen LogP contribution in [0.1, 0.15) is 30.1 Å². The van der Waals surface area contributed by atoms with E-state index >= 15 is 0 Å². The van der Waals surface area contributed by atoms with E-state index in [1.54, 1.807) is 6.20 Å². The number of piperidine rings is 1. The number of nitrogens with zero attached hydrogens (tertiary/aromatic N) is 3. The number of alkyl halides is 3. The van der Waals surface area contributed by atoms with E-state index in [0.717, 1.165) is 50.4 Å². The standard InChI is InChI=1S/C19H24F4N4.ClH/c1-26(2)9-10-27-12-17(25-18(27)13-5-7-24-8-6-13)14-3-4-16(20)15(11-14)19(21,22)23;/h3-4,11-13,24H,5-10H2,1-2H3;1H. The predicted molar refractivity (Wildman–Crippen MR) is 103 cm³/mol. The number of imidazole rings is 1. The monoisotopic (exact) mass is 420 g/mol. The Labute approximate surface area is 168 Å². The first kappa shape index (κ1) is 22.6. The van der Waals surface area contributed by atoms with Crippen LogP contribution in [0.15, 0.2) is 24.4 Å². The molecule has 1 fully saturated rings. The molecule has 0 radical (unpaired) electrons. The van der Waals surface area contributed by atoms with Gasteiger partial charge in [-0.25, -0.2) is 9.37 Å². The summed E-state index contributed by atoms with van der Waals surface area (Å²) in [5.41, 5.74) is -0.526. The average Bonchev–Trinajstić information content (AvgIpc) is 3.04. The highest BCUT2D eigenvalue weighted by Gasteiger charge is 2.34. The summed E-state index contributed by atoms with van der Waals surface area (Å²) in [5.74, 6) is -0.104. The minimum absolute atomic E-state index is 0. The van der Waals surface area contributed by atoms with Gasteiger partial charge in [0, 0.05) is 30.8 Å². The molecule has 0 saturated carbocycles. The molecule has 1 aromatic carbocycles. The summed E-state index contributed by atoms with van der Waals surface area (Å²) >= 11 is 0. The second-order valence-electron chi connectivity index (χ2n) is 7.20. The summed E-state index contributed by atoms with van der Waals surface area (Å²) in [6.45, 7) is 3.29. The summed E-state index contributed by atoms with van der Waals surface area (Å²) < 4.78 is 54.8. The molecular weight excluding hydrogens is 396 g/mol. The first-order chi connectivity index (χ1) is 12.8. The molecule has 1 aliphatic rings. The highest BCUT2D eigenvalue weighted by atomic mass is 35.5. The van der Waals surface area contributed by atoms with Gasteiger partial charge in [0.05, 0.1) is 11.3 Å². The molecule has 28 heavy (non-hydrogen) atoms. The highest BCUT2D eigenvalue weighted by Crippen LogP contribution is 2.35. The maximum Gasteiger partial charge on any atom is 0.419 e. The van der Waals surface area contributed by atoms with Crippen molar-refractivity contribution in [3.63, 3.8) is 0 Å². The van der Waals surface area contributed by atoms with Crippen LogP contribution in [-0.4, -0.2) is 48.2 Å². The minimum atomic E-state index is -4.73. The lowest BCUT2D eigenvalue weighted by Gasteiger charge is -2.23. The van der Waals surface area contributed by atoms with Gasteiger partial charge in [-0.1, -0.05) is 0 Å². The van der Waals surface area contributed by atoms with Crippen LogP contribution >= 0.6 is 12.4 Å². The van der Waals surface area contributed by atoms with E-state index in [0.29, 0.717) is 12.2 Å². The van der Waals surface area contributed by atoms with Gasteiger partial charge >= 0.3 is 6.18 Å². The fourth-order valence-electron chi connectivity index (χ4n) is 3.36. The van der Waals surface area contributed by atoms with Crippen molar-refractivity contribution in [2.75, 3.05) is 33.7 Å². The van der Waals surface area contributed by atoms with Gasteiger partial charge in [-0.2, -0.15) is 13.2 Å². The van der Waals surface area contributed by atoms with Crippen LogP contribution in [0.25, 0.3) is 11.3 Å². The van der Waals surface area contributed by atoms with Crippen LogP contribution in [0.4, 0.5) is 17.6 Å². The van der Waals surface area contributed by atoms with Gasteiger partial charge < -0.3 is 14.8 Å². The second-order valence-corrected chi connectivity index (χ2v) is 7.20. The largest absolute Gasteiger partial charge is 0.419 e. The van der Waals surface area contributed by atoms with E-state index in [4.69, 9.17) is 0 Å². The molecule has 1 aliphatic heterocycles. The van der Waals surface area contributed by atoms with E-state index in [1.807, 2.05) is 23.6 Å². The molecule has 0 unspecified atom stereocenters. The van der Waals surface area contributed by atoms with Gasteiger partial charge in [0.2, 0.25) is 0 Å². The number of aromatic nitrogens is 2. The number of nitrogens with one attached hydrogen (secondary N) is 1. The Balaban J connectivity index is 0.00000280. The van der Waals surface area contributed by atoms with Crippen molar-refractivity contribution in [2.24, 2.45) is 0 Å². The number of rotatable bonds is 5. The third kappa shape index (κ3) is 5.24. The zero-order valence-corrected chi connectivity index (χ0v) is 16.7. The fraction of sp³-hybridized carbons (Fsp3) is 0.526. The maximum atomic E-state index is 13.6. The number of benzene rings is 1. The van der Waals surface area contributed by atoms with Crippen molar-refractivity contribution in [3.05, 3.63) is 41.6 Å². The first-order valence-corrected chi connectivity index (χ1v) is 9.05. The SMILES string of the molecule is CN(C)CCn1cc(-c2ccc(F)c(C(F)(F)F)c2)nc1C1CCNCC1.Cl. The normalized spacial score (nSPS) is 15.7. The molecule has 2 aromatic rings. The second kappa shape index (κ2) is 9.24. The molecule has 1 N–H and O–H groups in total. The van der Waals surface area contributed by atoms with Gasteiger partial charge in [-0.05, 0) is 58.2 Å². The number of halogens is 5. The molecule has 1 aromatic heterocycles. The molecule has 0 aliphatic carbocycles. The van der Waals surface area contributed by atoms with E-state index in [1.165, 1.54) is 6.07 Å². The number of hydrogen-bond donors (Lipinski definition) is 1. The minimum Gasteiger partial charge on any atom is -0.333 e. The van der Waals surface area contributed by atoms with Crippen LogP contribution in [0.5, 0.6) is 0 Å². The zero-order valence-electron chi connectivity index (χ0n) is 15.9. The van der Waals surface area contributed by atoms with Crippen molar-refractivity contribution in [1.29, 1.82) is 0 Å². The Kier molecular flexibility index (Phi) is 7.47. The Bertz CT molecular complexity index is 783. The van der Waals surface area contributed by atoms with Crippen molar-refractivity contribution >= 4 is 12.4 Å². The number of likely N-dealkylation sites (N-methyl/N-ethyl adjacent to an activating group) is 1. The molecule has 1 saturated heterocycles. The van der Waals surface area contributed by atoms with Crippen LogP contribution in [0, 0.1) is 5.82 Å². The van der Waals surface area contributed by atoms with E-state index in [9.17, 15) is 17.6 Å². The smallest absolute Gasteiger partial charge is 0.333 e. The van der Waals surface area contributed by atoms with E-state index in [-0.39, 0.29) is 23.9 Å². The fourth-order valence-corrected chi connectivity index (χ4v) is 3.36. The molecular formula is C19H25ClF4N4. The maximum absolute atomic E-state index is 13.6. The molecule has 0 bridgehead atoms. The Morgan fingerprint density at radius 2 is 1.89 bits per heavy atom. The summed E-state index contributed by atoms with van der Waals surface area (Å²) in [6, 6.07) is 3.07. The molecule has 0 amide bonds. The van der Waals surface area contributed by atoms with Crippen LogP contribution in [0.3, 0.4) is 0 Å². The highest BCUT2D eigenvalue weighted by molar-refractivity contribution is 5.85. The summed E-state index contributed by atoms with van der Waals surface area (Å²) in [6.07, 6.45) is -1.06. The van der Waals surface area contributed by atoms with Gasteiger partial charge in [0.25, 0.3) is 0 Å². The van der Waals surface area contributed by atoms with Crippen molar-refractivity contribution in [3.8, 4) is 11.3 Å². The average molecular weight is 421 g/mol. The van der Waals surface area contributed by atoms with Gasteiger partial charge in [-0.3, -0.25) is 0 Å². The van der Waals surface area contributed by atoms with Gasteiger partial charge in [-0.15, -0.1) is 12.4 Å².